The molecule has 1 aromatic rings. The highest BCUT2D eigenvalue weighted by Gasteiger charge is 2.40. The van der Waals surface area contributed by atoms with E-state index in [1.165, 1.54) is 12.8 Å². The number of likely N-dealkylation sites (tertiary alicyclic amines) is 1. The third kappa shape index (κ3) is 4.29. The number of piperazine rings is 1. The number of likely N-dealkylation sites (N-methyl/N-ethyl adjacent to an activating group) is 1. The number of hydrogen-bond donors (Lipinski definition) is 0. The van der Waals surface area contributed by atoms with Crippen molar-refractivity contribution in [3.63, 3.8) is 0 Å². The monoisotopic (exact) mass is 399 g/mol. The molecule has 2 bridgehead atoms. The van der Waals surface area contributed by atoms with Crippen LogP contribution in [0.5, 0.6) is 0 Å². The molecule has 0 N–H and O–H groups in total. The Morgan fingerprint density at radius 1 is 1.03 bits per heavy atom. The van der Waals surface area contributed by atoms with Crippen LogP contribution in [0.25, 0.3) is 0 Å². The molecule has 7 heteroatoms. The summed E-state index contributed by atoms with van der Waals surface area (Å²) in [6.07, 6.45) is 9.69. The minimum Gasteiger partial charge on any atom is -0.341 e. The zero-order valence-electron chi connectivity index (χ0n) is 17.9. The third-order valence-corrected chi connectivity index (χ3v) is 7.08. The zero-order valence-corrected chi connectivity index (χ0v) is 17.9. The first-order valence-corrected chi connectivity index (χ1v) is 11.0. The Bertz CT molecular complexity index is 730. The van der Waals surface area contributed by atoms with Gasteiger partial charge in [0, 0.05) is 57.1 Å². The van der Waals surface area contributed by atoms with Crippen LogP contribution in [-0.4, -0.2) is 77.3 Å². The Labute approximate surface area is 173 Å². The summed E-state index contributed by atoms with van der Waals surface area (Å²) in [7, 11) is 4.03. The van der Waals surface area contributed by atoms with Crippen LogP contribution in [0.1, 0.15) is 55.8 Å². The lowest BCUT2D eigenvalue weighted by molar-refractivity contribution is -0.121. The number of Topliss-reactive ketones (excluding diaryl/α,β-unsaturated/α-hetero) is 1. The van der Waals surface area contributed by atoms with Crippen LogP contribution >= 0.6 is 0 Å². The summed E-state index contributed by atoms with van der Waals surface area (Å²) in [4.78, 5) is 40.0. The van der Waals surface area contributed by atoms with Crippen LogP contribution in [0.3, 0.4) is 0 Å². The van der Waals surface area contributed by atoms with Crippen molar-refractivity contribution >= 4 is 17.6 Å². The number of carbonyl (C=O) groups excluding carboxylic acids is 2. The Morgan fingerprint density at radius 3 is 2.17 bits per heavy atom. The van der Waals surface area contributed by atoms with E-state index in [9.17, 15) is 9.59 Å². The molecule has 1 amide bonds. The van der Waals surface area contributed by atoms with Crippen molar-refractivity contribution in [2.45, 2.75) is 57.5 Å². The molecule has 3 aliphatic rings. The fourth-order valence-electron chi connectivity index (χ4n) is 5.45. The molecule has 7 nitrogen and oxygen atoms in total. The minimum atomic E-state index is -0.0217. The molecule has 0 radical (unpaired) electrons. The van der Waals surface area contributed by atoms with Crippen molar-refractivity contribution in [1.29, 1.82) is 0 Å². The van der Waals surface area contributed by atoms with Crippen LogP contribution < -0.4 is 4.90 Å². The maximum atomic E-state index is 12.8. The van der Waals surface area contributed by atoms with E-state index >= 15 is 0 Å². The third-order valence-electron chi connectivity index (χ3n) is 7.08. The number of aromatic nitrogens is 2. The normalized spacial score (nSPS) is 29.7. The molecule has 2 aliphatic heterocycles. The second-order valence-electron chi connectivity index (χ2n) is 9.30. The summed E-state index contributed by atoms with van der Waals surface area (Å²) in [6, 6.07) is 0.959. The molecule has 3 fully saturated rings. The van der Waals surface area contributed by atoms with E-state index in [1.54, 1.807) is 24.2 Å². The molecule has 1 aliphatic carbocycles. The predicted octanol–water partition coefficient (Wildman–Crippen LogP) is 2.23. The number of ketones is 1. The summed E-state index contributed by atoms with van der Waals surface area (Å²) in [5.74, 6) is 1.73. The van der Waals surface area contributed by atoms with Gasteiger partial charge in [-0.3, -0.25) is 9.59 Å². The van der Waals surface area contributed by atoms with Gasteiger partial charge >= 0.3 is 0 Å². The fourth-order valence-corrected chi connectivity index (χ4v) is 5.45. The first-order valence-electron chi connectivity index (χ1n) is 11.0. The molecule has 3 heterocycles. The van der Waals surface area contributed by atoms with Gasteiger partial charge in [0.1, 0.15) is 5.78 Å². The van der Waals surface area contributed by atoms with Gasteiger partial charge in [0.2, 0.25) is 5.95 Å². The minimum absolute atomic E-state index is 0.0217. The molecule has 4 rings (SSSR count). The highest BCUT2D eigenvalue weighted by Crippen LogP contribution is 2.32. The lowest BCUT2D eigenvalue weighted by atomic mass is 9.80. The van der Waals surface area contributed by atoms with E-state index in [0.717, 1.165) is 51.3 Å². The molecule has 0 aromatic carbocycles. The number of nitrogens with zero attached hydrogens (tertiary/aromatic N) is 5. The van der Waals surface area contributed by atoms with Crippen molar-refractivity contribution in [3.8, 4) is 0 Å². The van der Waals surface area contributed by atoms with Crippen LogP contribution in [-0.2, 0) is 4.79 Å². The van der Waals surface area contributed by atoms with Crippen LogP contribution in [0.4, 0.5) is 5.95 Å². The first kappa shape index (κ1) is 20.3. The van der Waals surface area contributed by atoms with Gasteiger partial charge in [-0.05, 0) is 58.4 Å². The summed E-state index contributed by atoms with van der Waals surface area (Å²) >= 11 is 0. The number of hydrogen-bond acceptors (Lipinski definition) is 6. The van der Waals surface area contributed by atoms with Crippen LogP contribution in [0.15, 0.2) is 12.4 Å². The lowest BCUT2D eigenvalue weighted by Gasteiger charge is -2.39. The van der Waals surface area contributed by atoms with Crippen LogP contribution in [0.2, 0.25) is 0 Å². The molecule has 158 valence electrons. The van der Waals surface area contributed by atoms with E-state index in [0.29, 0.717) is 29.3 Å². The van der Waals surface area contributed by atoms with Crippen molar-refractivity contribution in [2.75, 3.05) is 38.6 Å². The SMILES string of the molecule is CC(=O)C1CCC(CN(C)C(=O)c2cnc(N3C4CCC3CN(C)C4)nc2)CC1. The van der Waals surface area contributed by atoms with Gasteiger partial charge in [0.25, 0.3) is 5.91 Å². The topological polar surface area (TPSA) is 69.6 Å². The van der Waals surface area contributed by atoms with Gasteiger partial charge in [0.15, 0.2) is 0 Å². The largest absolute Gasteiger partial charge is 0.341 e. The first-order chi connectivity index (χ1) is 13.9. The van der Waals surface area contributed by atoms with E-state index < -0.39 is 0 Å². The van der Waals surface area contributed by atoms with Crippen molar-refractivity contribution < 1.29 is 9.59 Å². The van der Waals surface area contributed by atoms with Gasteiger partial charge < -0.3 is 14.7 Å². The van der Waals surface area contributed by atoms with Gasteiger partial charge in [-0.15, -0.1) is 0 Å². The Morgan fingerprint density at radius 2 is 1.62 bits per heavy atom. The number of fused-ring (bicyclic) bond motifs is 2. The van der Waals surface area contributed by atoms with E-state index in [2.05, 4.69) is 26.8 Å². The smallest absolute Gasteiger partial charge is 0.256 e. The van der Waals surface area contributed by atoms with E-state index in [1.807, 2.05) is 7.05 Å². The molecular formula is C22H33N5O2. The average Bonchev–Trinajstić information content (AvgIpc) is 2.99. The number of amides is 1. The lowest BCUT2D eigenvalue weighted by Crippen LogP contribution is -2.53. The van der Waals surface area contributed by atoms with Crippen molar-refractivity contribution in [1.82, 2.24) is 19.8 Å². The van der Waals surface area contributed by atoms with E-state index in [-0.39, 0.29) is 11.8 Å². The molecule has 0 spiro atoms. The zero-order chi connectivity index (χ0) is 20.5. The number of anilines is 1. The van der Waals surface area contributed by atoms with Gasteiger partial charge in [-0.1, -0.05) is 0 Å². The molecule has 29 heavy (non-hydrogen) atoms. The molecule has 2 unspecified atom stereocenters. The Hall–Kier alpha value is -2.02. The van der Waals surface area contributed by atoms with Crippen molar-refractivity contribution in [2.24, 2.45) is 11.8 Å². The molecule has 2 saturated heterocycles. The van der Waals surface area contributed by atoms with Crippen molar-refractivity contribution in [3.05, 3.63) is 18.0 Å². The average molecular weight is 400 g/mol. The second-order valence-corrected chi connectivity index (χ2v) is 9.30. The summed E-state index contributed by atoms with van der Waals surface area (Å²) in [5.41, 5.74) is 0.551. The summed E-state index contributed by atoms with van der Waals surface area (Å²) < 4.78 is 0. The predicted molar refractivity (Wildman–Crippen MR) is 112 cm³/mol. The second kappa shape index (κ2) is 8.38. The summed E-state index contributed by atoms with van der Waals surface area (Å²) in [6.45, 7) is 4.52. The van der Waals surface area contributed by atoms with Crippen LogP contribution in [0, 0.1) is 11.8 Å². The number of carbonyl (C=O) groups is 2. The Balaban J connectivity index is 1.34. The fraction of sp³-hybridized carbons (Fsp3) is 0.727. The molecule has 1 aromatic heterocycles. The van der Waals surface area contributed by atoms with Gasteiger partial charge in [0.05, 0.1) is 5.56 Å². The standard InChI is InChI=1S/C22H33N5O2/c1-15(28)17-6-4-16(5-7-17)12-26(3)21(29)18-10-23-22(24-11-18)27-19-8-9-20(27)14-25(2)13-19/h10-11,16-17,19-20H,4-9,12-14H2,1-3H3. The highest BCUT2D eigenvalue weighted by molar-refractivity contribution is 5.93. The van der Waals surface area contributed by atoms with E-state index in [4.69, 9.17) is 0 Å². The van der Waals surface area contributed by atoms with Gasteiger partial charge in [-0.25, -0.2) is 9.97 Å². The molecule has 2 atom stereocenters. The molecule has 1 saturated carbocycles. The quantitative estimate of drug-likeness (QED) is 0.756. The maximum absolute atomic E-state index is 12.8. The Kier molecular flexibility index (Phi) is 5.86. The highest BCUT2D eigenvalue weighted by atomic mass is 16.2. The summed E-state index contributed by atoms with van der Waals surface area (Å²) in [5, 5.41) is 0. The molecular weight excluding hydrogens is 366 g/mol. The number of rotatable bonds is 5. The maximum Gasteiger partial charge on any atom is 0.256 e. The van der Waals surface area contributed by atoms with Gasteiger partial charge in [-0.2, -0.15) is 0 Å².